The van der Waals surface area contributed by atoms with Crippen LogP contribution < -0.4 is 20.5 Å². The van der Waals surface area contributed by atoms with Gasteiger partial charge in [0.05, 0.1) is 14.2 Å². The maximum absolute atomic E-state index is 5.97. The van der Waals surface area contributed by atoms with E-state index >= 15 is 0 Å². The summed E-state index contributed by atoms with van der Waals surface area (Å²) in [6, 6.07) is 5.46. The summed E-state index contributed by atoms with van der Waals surface area (Å²) in [7, 11) is 3.19. The van der Waals surface area contributed by atoms with Gasteiger partial charge in [-0.2, -0.15) is 0 Å². The number of guanidine groups is 1. The molecule has 1 aliphatic rings. The summed E-state index contributed by atoms with van der Waals surface area (Å²) < 4.78 is 12.6. The molecule has 0 amide bonds. The lowest BCUT2D eigenvalue weighted by atomic mass is 10.2. The van der Waals surface area contributed by atoms with Gasteiger partial charge in [-0.05, 0) is 25.0 Å². The van der Waals surface area contributed by atoms with Crippen molar-refractivity contribution in [1.29, 1.82) is 0 Å². The second-order valence-corrected chi connectivity index (χ2v) is 5.54. The molecule has 8 nitrogen and oxygen atoms in total. The minimum Gasteiger partial charge on any atom is -0.493 e. The van der Waals surface area contributed by atoms with Gasteiger partial charge >= 0.3 is 0 Å². The van der Waals surface area contributed by atoms with E-state index in [0.717, 1.165) is 36.7 Å². The number of methoxy groups -OCH3 is 2. The fraction of sp³-hybridized carbons (Fsp3) is 0.438. The Morgan fingerprint density at radius 1 is 1.25 bits per heavy atom. The number of nitrogens with one attached hydrogen (secondary N) is 1. The molecule has 0 bridgehead atoms. The van der Waals surface area contributed by atoms with Crippen LogP contribution in [-0.2, 0) is 19.5 Å². The molecule has 0 atom stereocenters. The first kappa shape index (κ1) is 16.1. The molecule has 3 rings (SSSR count). The van der Waals surface area contributed by atoms with Gasteiger partial charge in [-0.15, -0.1) is 10.2 Å². The maximum Gasteiger partial charge on any atom is 0.193 e. The summed E-state index contributed by atoms with van der Waals surface area (Å²) in [5, 5.41) is 11.5. The lowest BCUT2D eigenvalue weighted by Gasteiger charge is -2.14. The summed E-state index contributed by atoms with van der Waals surface area (Å²) in [5.74, 6) is 3.49. The number of aryl methyl sites for hydroxylation is 1. The van der Waals surface area contributed by atoms with Crippen molar-refractivity contribution >= 4 is 11.6 Å². The topological polar surface area (TPSA) is 99.6 Å². The molecule has 2 heterocycles. The van der Waals surface area contributed by atoms with E-state index in [1.165, 1.54) is 6.42 Å². The van der Waals surface area contributed by atoms with Crippen LogP contribution in [0.3, 0.4) is 0 Å². The number of nitrogens with two attached hydrogens (primary N) is 1. The van der Waals surface area contributed by atoms with E-state index in [-0.39, 0.29) is 0 Å². The van der Waals surface area contributed by atoms with Crippen LogP contribution in [0.1, 0.15) is 24.5 Å². The summed E-state index contributed by atoms with van der Waals surface area (Å²) in [6.45, 7) is 1.36. The second kappa shape index (κ2) is 7.20. The molecule has 1 aliphatic heterocycles. The van der Waals surface area contributed by atoms with Crippen molar-refractivity contribution < 1.29 is 9.47 Å². The molecule has 1 aromatic heterocycles. The third kappa shape index (κ3) is 3.42. The van der Waals surface area contributed by atoms with E-state index in [1.54, 1.807) is 20.3 Å². The fourth-order valence-corrected chi connectivity index (χ4v) is 2.74. The van der Waals surface area contributed by atoms with Crippen LogP contribution >= 0.6 is 0 Å². The van der Waals surface area contributed by atoms with Crippen molar-refractivity contribution in [2.24, 2.45) is 10.7 Å². The number of fused-ring (bicyclic) bond motifs is 1. The smallest absolute Gasteiger partial charge is 0.193 e. The first-order chi connectivity index (χ1) is 11.7. The largest absolute Gasteiger partial charge is 0.493 e. The van der Waals surface area contributed by atoms with Gasteiger partial charge in [0.25, 0.3) is 0 Å². The average molecular weight is 330 g/mol. The van der Waals surface area contributed by atoms with Crippen LogP contribution in [-0.4, -0.2) is 34.9 Å². The third-order valence-corrected chi connectivity index (χ3v) is 3.98. The summed E-state index contributed by atoms with van der Waals surface area (Å²) >= 11 is 0. The maximum atomic E-state index is 5.97. The highest BCUT2D eigenvalue weighted by molar-refractivity contribution is 5.92. The van der Waals surface area contributed by atoms with E-state index in [2.05, 4.69) is 25.1 Å². The Labute approximate surface area is 140 Å². The van der Waals surface area contributed by atoms with Crippen molar-refractivity contribution in [3.05, 3.63) is 29.8 Å². The fourth-order valence-electron chi connectivity index (χ4n) is 2.74. The van der Waals surface area contributed by atoms with Crippen LogP contribution in [0.4, 0.5) is 5.69 Å². The number of nitrogens with zero attached hydrogens (tertiary/aromatic N) is 4. The van der Waals surface area contributed by atoms with Gasteiger partial charge in [0.2, 0.25) is 0 Å². The highest BCUT2D eigenvalue weighted by Crippen LogP contribution is 2.29. The number of rotatable bonds is 5. The van der Waals surface area contributed by atoms with E-state index in [0.29, 0.717) is 24.0 Å². The van der Waals surface area contributed by atoms with Crippen LogP contribution in [0, 0.1) is 0 Å². The van der Waals surface area contributed by atoms with Gasteiger partial charge in [-0.1, -0.05) is 0 Å². The molecule has 0 aliphatic carbocycles. The van der Waals surface area contributed by atoms with Gasteiger partial charge < -0.3 is 25.1 Å². The van der Waals surface area contributed by atoms with Crippen molar-refractivity contribution in [2.75, 3.05) is 19.5 Å². The van der Waals surface area contributed by atoms with Crippen molar-refractivity contribution in [1.82, 2.24) is 14.8 Å². The SMILES string of the molecule is COc1ccc(NC(N)=NCc2nnc3n2CCCC3)cc1OC. The molecular formula is C16H22N6O2. The van der Waals surface area contributed by atoms with E-state index in [9.17, 15) is 0 Å². The number of aromatic nitrogens is 3. The normalized spacial score (nSPS) is 14.2. The predicted molar refractivity (Wildman–Crippen MR) is 91.5 cm³/mol. The van der Waals surface area contributed by atoms with Crippen LogP contribution in [0.15, 0.2) is 23.2 Å². The Hall–Kier alpha value is -2.77. The van der Waals surface area contributed by atoms with Gasteiger partial charge in [-0.25, -0.2) is 4.99 Å². The zero-order chi connectivity index (χ0) is 16.9. The average Bonchev–Trinajstić information content (AvgIpc) is 3.03. The number of hydrogen-bond acceptors (Lipinski definition) is 5. The molecule has 128 valence electrons. The number of benzene rings is 1. The Balaban J connectivity index is 1.67. The summed E-state index contributed by atoms with van der Waals surface area (Å²) in [6.07, 6.45) is 3.31. The van der Waals surface area contributed by atoms with Gasteiger partial charge in [0.1, 0.15) is 12.4 Å². The molecule has 0 unspecified atom stereocenters. The molecule has 3 N–H and O–H groups in total. The first-order valence-electron chi connectivity index (χ1n) is 7.91. The van der Waals surface area contributed by atoms with Crippen LogP contribution in [0.25, 0.3) is 0 Å². The Morgan fingerprint density at radius 2 is 2.08 bits per heavy atom. The van der Waals surface area contributed by atoms with Crippen LogP contribution in [0.5, 0.6) is 11.5 Å². The van der Waals surface area contributed by atoms with E-state index < -0.39 is 0 Å². The molecule has 0 spiro atoms. The molecule has 24 heavy (non-hydrogen) atoms. The Bertz CT molecular complexity index is 740. The highest BCUT2D eigenvalue weighted by atomic mass is 16.5. The summed E-state index contributed by atoms with van der Waals surface area (Å²) in [4.78, 5) is 4.36. The second-order valence-electron chi connectivity index (χ2n) is 5.54. The molecule has 2 aromatic rings. The minimum absolute atomic E-state index is 0.315. The molecular weight excluding hydrogens is 308 g/mol. The van der Waals surface area contributed by atoms with E-state index in [1.807, 2.05) is 12.1 Å². The molecule has 0 radical (unpaired) electrons. The monoisotopic (exact) mass is 330 g/mol. The molecule has 0 saturated heterocycles. The lowest BCUT2D eigenvalue weighted by molar-refractivity contribution is 0.355. The van der Waals surface area contributed by atoms with Gasteiger partial charge in [0.15, 0.2) is 23.3 Å². The zero-order valence-corrected chi connectivity index (χ0v) is 14.0. The first-order valence-corrected chi connectivity index (χ1v) is 7.91. The van der Waals surface area contributed by atoms with Gasteiger partial charge in [0, 0.05) is 24.7 Å². The Morgan fingerprint density at radius 3 is 2.88 bits per heavy atom. The van der Waals surface area contributed by atoms with Crippen molar-refractivity contribution in [2.45, 2.75) is 32.4 Å². The molecule has 0 saturated carbocycles. The van der Waals surface area contributed by atoms with Crippen LogP contribution in [0.2, 0.25) is 0 Å². The van der Waals surface area contributed by atoms with Crippen molar-refractivity contribution in [3.63, 3.8) is 0 Å². The van der Waals surface area contributed by atoms with E-state index in [4.69, 9.17) is 15.2 Å². The minimum atomic E-state index is 0.315. The quantitative estimate of drug-likeness (QED) is 0.637. The third-order valence-electron chi connectivity index (χ3n) is 3.98. The molecule has 8 heteroatoms. The standard InChI is InChI=1S/C16H22N6O2/c1-23-12-7-6-11(9-13(12)24-2)19-16(17)18-10-15-21-20-14-5-3-4-8-22(14)15/h6-7,9H,3-5,8,10H2,1-2H3,(H3,17,18,19). The number of ether oxygens (including phenoxy) is 2. The summed E-state index contributed by atoms with van der Waals surface area (Å²) in [5.41, 5.74) is 6.75. The highest BCUT2D eigenvalue weighted by Gasteiger charge is 2.15. The molecule has 0 fully saturated rings. The number of anilines is 1. The zero-order valence-electron chi connectivity index (χ0n) is 14.0. The Kier molecular flexibility index (Phi) is 4.83. The van der Waals surface area contributed by atoms with Crippen molar-refractivity contribution in [3.8, 4) is 11.5 Å². The number of aliphatic imine (C=N–C) groups is 1. The molecule has 1 aromatic carbocycles. The lowest BCUT2D eigenvalue weighted by Crippen LogP contribution is -2.23. The van der Waals surface area contributed by atoms with Gasteiger partial charge in [-0.3, -0.25) is 0 Å². The predicted octanol–water partition coefficient (Wildman–Crippen LogP) is 1.56. The number of hydrogen-bond donors (Lipinski definition) is 2.